The molecule has 5 rings (SSSR count). The number of hydrazone groups is 1. The van der Waals surface area contributed by atoms with Crippen LogP contribution in [0.1, 0.15) is 50.3 Å². The van der Waals surface area contributed by atoms with Crippen molar-refractivity contribution in [3.05, 3.63) is 59.7 Å². The third-order valence-corrected chi connectivity index (χ3v) is 6.81. The summed E-state index contributed by atoms with van der Waals surface area (Å²) in [7, 11) is 1.73. The van der Waals surface area contributed by atoms with E-state index in [1.54, 1.807) is 12.0 Å². The molecule has 3 aliphatic rings. The van der Waals surface area contributed by atoms with Gasteiger partial charge in [0, 0.05) is 17.5 Å². The summed E-state index contributed by atoms with van der Waals surface area (Å²) in [6.07, 6.45) is 2.87. The molecule has 152 valence electrons. The molecule has 0 saturated carbocycles. The summed E-state index contributed by atoms with van der Waals surface area (Å²) in [5.41, 5.74) is 3.07. The van der Waals surface area contributed by atoms with Crippen molar-refractivity contribution in [3.63, 3.8) is 0 Å². The summed E-state index contributed by atoms with van der Waals surface area (Å²) < 4.78 is 12.3. The predicted octanol–water partition coefficient (Wildman–Crippen LogP) is 3.02. The van der Waals surface area contributed by atoms with Gasteiger partial charge in [0.1, 0.15) is 11.5 Å². The van der Waals surface area contributed by atoms with Crippen molar-refractivity contribution >= 4 is 5.71 Å². The molecule has 5 heteroatoms. The molecule has 5 nitrogen and oxygen atoms in total. The summed E-state index contributed by atoms with van der Waals surface area (Å²) in [6, 6.07) is 17.6. The second-order valence-electron chi connectivity index (χ2n) is 8.71. The van der Waals surface area contributed by atoms with Crippen LogP contribution in [0.3, 0.4) is 0 Å². The minimum Gasteiger partial charge on any atom is -0.496 e. The highest BCUT2D eigenvalue weighted by molar-refractivity contribution is 6.04. The number of hydrogen-bond donors (Lipinski definition) is 1. The van der Waals surface area contributed by atoms with E-state index in [1.807, 2.05) is 12.1 Å². The quantitative estimate of drug-likeness (QED) is 0.873. The zero-order chi connectivity index (χ0) is 20.0. The van der Waals surface area contributed by atoms with Crippen LogP contribution < -0.4 is 14.4 Å². The highest BCUT2D eigenvalue weighted by Gasteiger charge is 2.53. The number of benzene rings is 2. The van der Waals surface area contributed by atoms with Gasteiger partial charge in [-0.2, -0.15) is 5.10 Å². The monoisotopic (exact) mass is 392 g/mol. The third-order valence-electron chi connectivity index (χ3n) is 6.81. The Morgan fingerprint density at radius 1 is 1.10 bits per heavy atom. The Morgan fingerprint density at radius 2 is 1.83 bits per heavy atom. The van der Waals surface area contributed by atoms with Gasteiger partial charge < -0.3 is 14.4 Å². The second kappa shape index (κ2) is 7.06. The van der Waals surface area contributed by atoms with Crippen molar-refractivity contribution in [1.29, 1.82) is 0 Å². The summed E-state index contributed by atoms with van der Waals surface area (Å²) >= 11 is 0. The van der Waals surface area contributed by atoms with E-state index in [-0.39, 0.29) is 11.8 Å². The third kappa shape index (κ3) is 2.99. The van der Waals surface area contributed by atoms with Gasteiger partial charge in [-0.05, 0) is 32.0 Å². The molecule has 0 aliphatic carbocycles. The fraction of sp³-hybridized carbons (Fsp3) is 0.458. The summed E-state index contributed by atoms with van der Waals surface area (Å²) in [4.78, 5) is 1.66. The van der Waals surface area contributed by atoms with Crippen molar-refractivity contribution in [1.82, 2.24) is 5.01 Å². The first kappa shape index (κ1) is 18.5. The molecule has 1 saturated heterocycles. The maximum Gasteiger partial charge on any atom is 0.208 e. The highest BCUT2D eigenvalue weighted by atomic mass is 16.5. The van der Waals surface area contributed by atoms with E-state index in [9.17, 15) is 0 Å². The van der Waals surface area contributed by atoms with Crippen LogP contribution in [0.25, 0.3) is 0 Å². The predicted molar refractivity (Wildman–Crippen MR) is 114 cm³/mol. The number of likely N-dealkylation sites (tertiary alicyclic amines) is 1. The average molecular weight is 393 g/mol. The van der Waals surface area contributed by atoms with E-state index < -0.39 is 0 Å². The second-order valence-corrected chi connectivity index (χ2v) is 8.71. The lowest BCUT2D eigenvalue weighted by molar-refractivity contribution is -0.929. The van der Waals surface area contributed by atoms with E-state index in [1.165, 1.54) is 5.56 Å². The minimum absolute atomic E-state index is 0.223. The number of fused-ring (bicyclic) bond motifs is 4. The SMILES string of the molecule is COc1ccccc1C1=NN2[C@@H](C1)c1ccccc1OC21CC[NH+](C(C)C)CC1. The zero-order valence-electron chi connectivity index (χ0n) is 17.5. The number of hydrogen-bond acceptors (Lipinski definition) is 4. The molecule has 0 bridgehead atoms. The Kier molecular flexibility index (Phi) is 4.50. The molecule has 1 spiro atoms. The number of quaternary nitrogens is 1. The Bertz CT molecular complexity index is 931. The van der Waals surface area contributed by atoms with Crippen molar-refractivity contribution in [2.75, 3.05) is 20.2 Å². The summed E-state index contributed by atoms with van der Waals surface area (Å²) in [5, 5.41) is 7.46. The van der Waals surface area contributed by atoms with Crippen molar-refractivity contribution in [2.24, 2.45) is 5.10 Å². The molecule has 0 aromatic heterocycles. The average Bonchev–Trinajstić information content (AvgIpc) is 3.21. The number of rotatable bonds is 3. The largest absolute Gasteiger partial charge is 0.496 e. The van der Waals surface area contributed by atoms with Gasteiger partial charge >= 0.3 is 0 Å². The van der Waals surface area contributed by atoms with Crippen molar-refractivity contribution in [3.8, 4) is 11.5 Å². The molecule has 0 amide bonds. The maximum atomic E-state index is 6.72. The number of nitrogens with zero attached hydrogens (tertiary/aromatic N) is 2. The van der Waals surface area contributed by atoms with Crippen molar-refractivity contribution < 1.29 is 14.4 Å². The Morgan fingerprint density at radius 3 is 2.59 bits per heavy atom. The molecule has 1 N–H and O–H groups in total. The Hall–Kier alpha value is -2.53. The molecular weight excluding hydrogens is 362 g/mol. The van der Waals surface area contributed by atoms with E-state index in [2.05, 4.69) is 55.3 Å². The number of ether oxygens (including phenoxy) is 2. The zero-order valence-corrected chi connectivity index (χ0v) is 17.5. The molecule has 2 aromatic rings. The maximum absolute atomic E-state index is 6.72. The van der Waals surface area contributed by atoms with Gasteiger partial charge in [0.2, 0.25) is 5.72 Å². The van der Waals surface area contributed by atoms with Gasteiger partial charge in [0.05, 0.1) is 50.8 Å². The van der Waals surface area contributed by atoms with Crippen LogP contribution in [0.15, 0.2) is 53.6 Å². The van der Waals surface area contributed by atoms with Crippen LogP contribution in [0.5, 0.6) is 11.5 Å². The van der Waals surface area contributed by atoms with E-state index in [0.717, 1.165) is 55.1 Å². The molecule has 1 fully saturated rings. The van der Waals surface area contributed by atoms with Crippen molar-refractivity contribution in [2.45, 2.75) is 50.9 Å². The van der Waals surface area contributed by atoms with Crippen LogP contribution >= 0.6 is 0 Å². The van der Waals surface area contributed by atoms with Gasteiger partial charge in [-0.3, -0.25) is 0 Å². The molecule has 0 radical (unpaired) electrons. The standard InChI is InChI=1S/C24H29N3O2/c1-17(2)26-14-12-24(13-15-26)27-21(19-9-5-7-11-23(19)29-24)16-20(25-27)18-8-4-6-10-22(18)28-3/h4-11,17,21H,12-16H2,1-3H3/p+1/t21-/m0/s1. The van der Waals surface area contributed by atoms with Crippen LogP contribution in [0.2, 0.25) is 0 Å². The fourth-order valence-corrected chi connectivity index (χ4v) is 5.14. The molecule has 29 heavy (non-hydrogen) atoms. The lowest BCUT2D eigenvalue weighted by atomic mass is 9.90. The Labute approximate surface area is 172 Å². The summed E-state index contributed by atoms with van der Waals surface area (Å²) in [5.74, 6) is 1.91. The number of para-hydroxylation sites is 2. The number of piperidine rings is 1. The van der Waals surface area contributed by atoms with Crippen LogP contribution in [-0.2, 0) is 0 Å². The highest BCUT2D eigenvalue weighted by Crippen LogP contribution is 2.49. The van der Waals surface area contributed by atoms with Gasteiger partial charge in [-0.15, -0.1) is 0 Å². The normalized spacial score (nSPS) is 28.0. The van der Waals surface area contributed by atoms with E-state index in [0.29, 0.717) is 6.04 Å². The molecule has 2 aromatic carbocycles. The topological polar surface area (TPSA) is 38.5 Å². The first-order chi connectivity index (χ1) is 14.1. The van der Waals surface area contributed by atoms with Gasteiger partial charge in [0.25, 0.3) is 0 Å². The smallest absolute Gasteiger partial charge is 0.208 e. The van der Waals surface area contributed by atoms with Gasteiger partial charge in [0.15, 0.2) is 0 Å². The first-order valence-electron chi connectivity index (χ1n) is 10.7. The summed E-state index contributed by atoms with van der Waals surface area (Å²) in [6.45, 7) is 6.84. The molecule has 0 unspecified atom stereocenters. The molecule has 3 aliphatic heterocycles. The molecule has 1 atom stereocenters. The van der Waals surface area contributed by atoms with Crippen LogP contribution in [0, 0.1) is 0 Å². The number of methoxy groups -OCH3 is 1. The van der Waals surface area contributed by atoms with Gasteiger partial charge in [-0.25, -0.2) is 5.01 Å². The molecule has 3 heterocycles. The molecular formula is C24H30N3O2+. The number of nitrogens with one attached hydrogen (secondary N) is 1. The lowest BCUT2D eigenvalue weighted by Crippen LogP contribution is -3.16. The van der Waals surface area contributed by atoms with E-state index >= 15 is 0 Å². The fourth-order valence-electron chi connectivity index (χ4n) is 5.14. The van der Waals surface area contributed by atoms with Gasteiger partial charge in [-0.1, -0.05) is 30.3 Å². The van der Waals surface area contributed by atoms with Crippen LogP contribution in [0.4, 0.5) is 0 Å². The Balaban J connectivity index is 1.55. The van der Waals surface area contributed by atoms with E-state index in [4.69, 9.17) is 14.6 Å². The lowest BCUT2D eigenvalue weighted by Gasteiger charge is -2.50. The van der Waals surface area contributed by atoms with Crippen LogP contribution in [-0.4, -0.2) is 42.7 Å². The minimum atomic E-state index is -0.346. The first-order valence-corrected chi connectivity index (χ1v) is 10.7.